The predicted octanol–water partition coefficient (Wildman–Crippen LogP) is 0.785. The number of nitrogens with one attached hydrogen (secondary N) is 1. The van der Waals surface area contributed by atoms with Crippen LogP contribution >= 0.6 is 15.9 Å². The van der Waals surface area contributed by atoms with Gasteiger partial charge >= 0.3 is 0 Å². The molecule has 1 fully saturated rings. The zero-order valence-corrected chi connectivity index (χ0v) is 13.1. The molecule has 0 aromatic carbocycles. The second kappa shape index (κ2) is 7.37. The van der Waals surface area contributed by atoms with Crippen LogP contribution in [0.4, 0.5) is 0 Å². The number of piperidine rings is 1. The van der Waals surface area contributed by atoms with Crippen molar-refractivity contribution in [3.63, 3.8) is 0 Å². The quantitative estimate of drug-likeness (QED) is 0.320. The van der Waals surface area contributed by atoms with E-state index in [-0.39, 0.29) is 17.8 Å². The van der Waals surface area contributed by atoms with Crippen molar-refractivity contribution >= 4 is 27.7 Å². The maximum absolute atomic E-state index is 12.1. The molecule has 0 bridgehead atoms. The van der Waals surface area contributed by atoms with Crippen LogP contribution < -0.4 is 11.1 Å². The van der Waals surface area contributed by atoms with Gasteiger partial charge in [0.1, 0.15) is 5.69 Å². The van der Waals surface area contributed by atoms with E-state index in [4.69, 9.17) is 10.9 Å². The largest absolute Gasteiger partial charge is 0.409 e. The van der Waals surface area contributed by atoms with Gasteiger partial charge < -0.3 is 16.3 Å². The SMILES string of the molecule is NC(CN1CCC(NC(=O)c2ccc(Br)cn2)CC1)=NO. The van der Waals surface area contributed by atoms with E-state index in [0.29, 0.717) is 12.2 Å². The number of halogens is 1. The van der Waals surface area contributed by atoms with Crippen molar-refractivity contribution < 1.29 is 10.0 Å². The molecule has 0 aliphatic carbocycles. The van der Waals surface area contributed by atoms with Crippen LogP contribution in [0.1, 0.15) is 23.3 Å². The Balaban J connectivity index is 1.80. The first-order valence-corrected chi connectivity index (χ1v) is 7.49. The van der Waals surface area contributed by atoms with Gasteiger partial charge in [-0.2, -0.15) is 0 Å². The van der Waals surface area contributed by atoms with Gasteiger partial charge in [-0.05, 0) is 40.9 Å². The van der Waals surface area contributed by atoms with Crippen LogP contribution in [-0.4, -0.2) is 52.5 Å². The van der Waals surface area contributed by atoms with E-state index in [0.717, 1.165) is 30.4 Å². The topological polar surface area (TPSA) is 104 Å². The Morgan fingerprint density at radius 2 is 2.24 bits per heavy atom. The van der Waals surface area contributed by atoms with Gasteiger partial charge in [0.05, 0.1) is 6.54 Å². The van der Waals surface area contributed by atoms with Gasteiger partial charge in [-0.1, -0.05) is 5.16 Å². The summed E-state index contributed by atoms with van der Waals surface area (Å²) in [6, 6.07) is 3.61. The lowest BCUT2D eigenvalue weighted by Crippen LogP contribution is -2.46. The first-order valence-electron chi connectivity index (χ1n) is 6.69. The van der Waals surface area contributed by atoms with E-state index in [2.05, 4.69) is 36.3 Å². The second-order valence-corrected chi connectivity index (χ2v) is 5.89. The average molecular weight is 356 g/mol. The number of amides is 1. The summed E-state index contributed by atoms with van der Waals surface area (Å²) >= 11 is 3.29. The molecule has 0 unspecified atom stereocenters. The van der Waals surface area contributed by atoms with Gasteiger partial charge in [-0.15, -0.1) is 0 Å². The highest BCUT2D eigenvalue weighted by molar-refractivity contribution is 9.10. The number of rotatable bonds is 4. The first-order chi connectivity index (χ1) is 10.1. The Morgan fingerprint density at radius 1 is 1.52 bits per heavy atom. The average Bonchev–Trinajstić information content (AvgIpc) is 2.49. The molecular weight excluding hydrogens is 338 g/mol. The van der Waals surface area contributed by atoms with E-state index in [9.17, 15) is 4.79 Å². The van der Waals surface area contributed by atoms with Gasteiger partial charge in [-0.3, -0.25) is 9.69 Å². The summed E-state index contributed by atoms with van der Waals surface area (Å²) in [6.45, 7) is 2.05. The highest BCUT2D eigenvalue weighted by Gasteiger charge is 2.21. The van der Waals surface area contributed by atoms with Crippen LogP contribution in [-0.2, 0) is 0 Å². The number of amidine groups is 1. The third-order valence-electron chi connectivity index (χ3n) is 3.40. The van der Waals surface area contributed by atoms with Crippen molar-refractivity contribution in [2.45, 2.75) is 18.9 Å². The molecule has 2 heterocycles. The predicted molar refractivity (Wildman–Crippen MR) is 82.3 cm³/mol. The van der Waals surface area contributed by atoms with Crippen molar-refractivity contribution in [3.8, 4) is 0 Å². The number of aromatic nitrogens is 1. The Labute approximate surface area is 131 Å². The van der Waals surface area contributed by atoms with E-state index in [1.54, 1.807) is 18.3 Å². The molecule has 8 heteroatoms. The summed E-state index contributed by atoms with van der Waals surface area (Å²) in [5.74, 6) is 0.0499. The lowest BCUT2D eigenvalue weighted by molar-refractivity contribution is 0.0909. The normalized spacial score (nSPS) is 17.7. The molecule has 1 aliphatic rings. The Hall–Kier alpha value is -1.67. The Kier molecular flexibility index (Phi) is 5.51. The molecule has 0 spiro atoms. The molecule has 114 valence electrons. The number of carbonyl (C=O) groups is 1. The molecule has 1 aromatic rings. The van der Waals surface area contributed by atoms with Crippen LogP contribution in [0, 0.1) is 0 Å². The van der Waals surface area contributed by atoms with Crippen molar-refractivity contribution in [2.75, 3.05) is 19.6 Å². The van der Waals surface area contributed by atoms with Gasteiger partial charge in [0.15, 0.2) is 5.84 Å². The summed E-state index contributed by atoms with van der Waals surface area (Å²) in [5, 5.41) is 14.5. The fourth-order valence-electron chi connectivity index (χ4n) is 2.27. The molecule has 2 rings (SSSR count). The first kappa shape index (κ1) is 15.7. The highest BCUT2D eigenvalue weighted by atomic mass is 79.9. The molecule has 0 saturated carbocycles. The minimum absolute atomic E-state index is 0.131. The van der Waals surface area contributed by atoms with Gasteiger partial charge in [0, 0.05) is 29.8 Å². The standard InChI is InChI=1S/C13H18BrN5O2/c14-9-1-2-11(16-7-9)13(20)17-10-3-5-19(6-4-10)8-12(15)18-21/h1-2,7,10,21H,3-6,8H2,(H2,15,18)(H,17,20). The Bertz CT molecular complexity index is 512. The van der Waals surface area contributed by atoms with E-state index in [1.165, 1.54) is 0 Å². The number of nitrogens with zero attached hydrogens (tertiary/aromatic N) is 3. The van der Waals surface area contributed by atoms with Crippen molar-refractivity contribution in [1.29, 1.82) is 0 Å². The van der Waals surface area contributed by atoms with E-state index >= 15 is 0 Å². The monoisotopic (exact) mass is 355 g/mol. The molecule has 0 radical (unpaired) electrons. The maximum atomic E-state index is 12.1. The molecular formula is C13H18BrN5O2. The van der Waals surface area contributed by atoms with Crippen molar-refractivity contribution in [2.24, 2.45) is 10.9 Å². The highest BCUT2D eigenvalue weighted by Crippen LogP contribution is 2.11. The summed E-state index contributed by atoms with van der Waals surface area (Å²) in [6.07, 6.45) is 3.27. The van der Waals surface area contributed by atoms with Gasteiger partial charge in [0.2, 0.25) is 0 Å². The third kappa shape index (κ3) is 4.68. The fourth-order valence-corrected chi connectivity index (χ4v) is 2.50. The minimum atomic E-state index is -0.155. The van der Waals surface area contributed by atoms with Crippen molar-refractivity contribution in [1.82, 2.24) is 15.2 Å². The number of likely N-dealkylation sites (tertiary alicyclic amines) is 1. The number of oxime groups is 1. The molecule has 7 nitrogen and oxygen atoms in total. The molecule has 21 heavy (non-hydrogen) atoms. The second-order valence-electron chi connectivity index (χ2n) is 4.98. The summed E-state index contributed by atoms with van der Waals surface area (Å²) in [7, 11) is 0. The van der Waals surface area contributed by atoms with Crippen LogP contribution in [0.2, 0.25) is 0 Å². The number of pyridine rings is 1. The maximum Gasteiger partial charge on any atom is 0.270 e. The molecule has 1 aliphatic heterocycles. The van der Waals surface area contributed by atoms with E-state index < -0.39 is 0 Å². The molecule has 0 atom stereocenters. The molecule has 1 aromatic heterocycles. The lowest BCUT2D eigenvalue weighted by Gasteiger charge is -2.31. The number of hydrogen-bond donors (Lipinski definition) is 3. The Morgan fingerprint density at radius 3 is 2.81 bits per heavy atom. The summed E-state index contributed by atoms with van der Waals surface area (Å²) < 4.78 is 0.843. The third-order valence-corrected chi connectivity index (χ3v) is 3.87. The summed E-state index contributed by atoms with van der Waals surface area (Å²) in [5.41, 5.74) is 5.90. The zero-order valence-electron chi connectivity index (χ0n) is 11.5. The van der Waals surface area contributed by atoms with Crippen LogP contribution in [0.5, 0.6) is 0 Å². The van der Waals surface area contributed by atoms with E-state index in [1.807, 2.05) is 0 Å². The van der Waals surface area contributed by atoms with Crippen molar-refractivity contribution in [3.05, 3.63) is 28.5 Å². The minimum Gasteiger partial charge on any atom is -0.409 e. The van der Waals surface area contributed by atoms with Crippen LogP contribution in [0.3, 0.4) is 0 Å². The number of nitrogens with two attached hydrogens (primary N) is 1. The number of carbonyl (C=O) groups excluding carboxylic acids is 1. The lowest BCUT2D eigenvalue weighted by atomic mass is 10.0. The van der Waals surface area contributed by atoms with Gasteiger partial charge in [-0.25, -0.2) is 4.98 Å². The van der Waals surface area contributed by atoms with Crippen LogP contribution in [0.15, 0.2) is 28.0 Å². The smallest absolute Gasteiger partial charge is 0.270 e. The van der Waals surface area contributed by atoms with Crippen LogP contribution in [0.25, 0.3) is 0 Å². The summed E-state index contributed by atoms with van der Waals surface area (Å²) in [4.78, 5) is 18.2. The zero-order chi connectivity index (χ0) is 15.2. The molecule has 4 N–H and O–H groups in total. The van der Waals surface area contributed by atoms with Gasteiger partial charge in [0.25, 0.3) is 5.91 Å². The molecule has 1 amide bonds. The fraction of sp³-hybridized carbons (Fsp3) is 0.462. The number of hydrogen-bond acceptors (Lipinski definition) is 5. The molecule has 1 saturated heterocycles.